The van der Waals surface area contributed by atoms with Gasteiger partial charge in [0.25, 0.3) is 0 Å². The minimum Gasteiger partial charge on any atom is -0.321 e. The van der Waals surface area contributed by atoms with Crippen LogP contribution in [-0.2, 0) is 11.2 Å². The largest absolute Gasteiger partial charge is 0.321 e. The smallest absolute Gasteiger partial charge is 0.314 e. The first-order valence-electron chi connectivity index (χ1n) is 6.32. The summed E-state index contributed by atoms with van der Waals surface area (Å²) in [5.41, 5.74) is 8.20. The van der Waals surface area contributed by atoms with Gasteiger partial charge in [0.05, 0.1) is 17.1 Å². The quantitative estimate of drug-likeness (QED) is 0.699. The van der Waals surface area contributed by atoms with E-state index in [2.05, 4.69) is 9.97 Å². The number of nitrogens with two attached hydrogens (primary N) is 1. The van der Waals surface area contributed by atoms with E-state index in [1.807, 2.05) is 13.8 Å². The Labute approximate surface area is 115 Å². The van der Waals surface area contributed by atoms with E-state index in [4.69, 9.17) is 5.73 Å². The van der Waals surface area contributed by atoms with E-state index in [1.165, 1.54) is 6.92 Å². The van der Waals surface area contributed by atoms with Crippen molar-refractivity contribution in [2.45, 2.75) is 33.2 Å². The molecule has 0 spiro atoms. The number of aromatic amines is 2. The third kappa shape index (κ3) is 2.42. The molecule has 6 heteroatoms. The van der Waals surface area contributed by atoms with Crippen LogP contribution < -0.4 is 16.9 Å². The fourth-order valence-corrected chi connectivity index (χ4v) is 2.19. The average molecular weight is 275 g/mol. The lowest BCUT2D eigenvalue weighted by Crippen LogP contribution is -2.32. The van der Waals surface area contributed by atoms with Crippen LogP contribution in [0.5, 0.6) is 0 Å². The molecular formula is C14H17N3O3. The Morgan fingerprint density at radius 1 is 1.25 bits per heavy atom. The van der Waals surface area contributed by atoms with Gasteiger partial charge in [0, 0.05) is 0 Å². The van der Waals surface area contributed by atoms with Gasteiger partial charge in [-0.25, -0.2) is 0 Å². The maximum Gasteiger partial charge on any atom is 0.314 e. The minimum absolute atomic E-state index is 0.120. The van der Waals surface area contributed by atoms with Crippen LogP contribution in [0.15, 0.2) is 15.7 Å². The molecule has 1 unspecified atom stereocenters. The molecule has 0 aliphatic carbocycles. The second kappa shape index (κ2) is 5.05. The second-order valence-corrected chi connectivity index (χ2v) is 5.05. The number of hydrogen-bond acceptors (Lipinski definition) is 4. The van der Waals surface area contributed by atoms with E-state index in [0.29, 0.717) is 17.5 Å². The molecule has 0 bridgehead atoms. The highest BCUT2D eigenvalue weighted by atomic mass is 16.2. The Bertz CT molecular complexity index is 802. The van der Waals surface area contributed by atoms with Crippen LogP contribution in [0.2, 0.25) is 0 Å². The molecule has 0 radical (unpaired) electrons. The fraction of sp³-hybridized carbons (Fsp3) is 0.357. The number of carbonyl (C=O) groups excluding carboxylic acids is 1. The molecule has 0 amide bonds. The fourth-order valence-electron chi connectivity index (χ4n) is 2.19. The summed E-state index contributed by atoms with van der Waals surface area (Å²) in [4.78, 5) is 39.4. The van der Waals surface area contributed by atoms with Gasteiger partial charge in [-0.15, -0.1) is 0 Å². The van der Waals surface area contributed by atoms with Crippen molar-refractivity contribution < 1.29 is 4.79 Å². The Balaban J connectivity index is 2.76. The van der Waals surface area contributed by atoms with E-state index in [-0.39, 0.29) is 5.78 Å². The molecule has 0 saturated carbocycles. The lowest BCUT2D eigenvalue weighted by Gasteiger charge is -2.15. The molecule has 1 aromatic heterocycles. The lowest BCUT2D eigenvalue weighted by atomic mass is 9.94. The SMILES string of the molecule is CC(=O)C(N)Cc1c(C)c(C)cc2[nH]c(=O)c(=O)[nH]c12. The molecule has 6 nitrogen and oxygen atoms in total. The van der Waals surface area contributed by atoms with E-state index >= 15 is 0 Å². The molecule has 0 aliphatic rings. The van der Waals surface area contributed by atoms with Crippen LogP contribution >= 0.6 is 0 Å². The predicted molar refractivity (Wildman–Crippen MR) is 77.0 cm³/mol. The van der Waals surface area contributed by atoms with Crippen molar-refractivity contribution in [3.63, 3.8) is 0 Å². The van der Waals surface area contributed by atoms with Crippen LogP contribution in [0, 0.1) is 13.8 Å². The van der Waals surface area contributed by atoms with E-state index in [9.17, 15) is 14.4 Å². The van der Waals surface area contributed by atoms with Crippen LogP contribution in [0.1, 0.15) is 23.6 Å². The van der Waals surface area contributed by atoms with Crippen molar-refractivity contribution in [2.75, 3.05) is 0 Å². The zero-order valence-corrected chi connectivity index (χ0v) is 11.7. The van der Waals surface area contributed by atoms with E-state index in [0.717, 1.165) is 16.7 Å². The number of nitrogens with one attached hydrogen (secondary N) is 2. The van der Waals surface area contributed by atoms with Crippen molar-refractivity contribution >= 4 is 16.8 Å². The summed E-state index contributed by atoms with van der Waals surface area (Å²) in [7, 11) is 0. The standard InChI is InChI=1S/C14H17N3O3/c1-6-4-11-12(17-14(20)13(19)16-11)9(7(6)2)5-10(15)8(3)18/h4,10H,5,15H2,1-3H3,(H,16,19)(H,17,20). The Morgan fingerprint density at radius 3 is 2.45 bits per heavy atom. The number of hydrogen-bond donors (Lipinski definition) is 3. The van der Waals surface area contributed by atoms with Crippen molar-refractivity contribution in [3.05, 3.63) is 43.5 Å². The molecule has 0 aliphatic heterocycles. The first kappa shape index (κ1) is 14.2. The van der Waals surface area contributed by atoms with Gasteiger partial charge in [-0.05, 0) is 49.9 Å². The Kier molecular flexibility index (Phi) is 3.59. The zero-order chi connectivity index (χ0) is 15.0. The van der Waals surface area contributed by atoms with Gasteiger partial charge in [-0.2, -0.15) is 0 Å². The molecule has 0 saturated heterocycles. The topological polar surface area (TPSA) is 109 Å². The molecule has 0 fully saturated rings. The van der Waals surface area contributed by atoms with Gasteiger partial charge in [-0.1, -0.05) is 0 Å². The number of aryl methyl sites for hydroxylation is 1. The van der Waals surface area contributed by atoms with Gasteiger partial charge in [0.15, 0.2) is 0 Å². The Hall–Kier alpha value is -2.21. The number of Topliss-reactive ketones (excluding diaryl/α,β-unsaturated/α-hetero) is 1. The van der Waals surface area contributed by atoms with Gasteiger partial charge in [0.2, 0.25) is 0 Å². The number of ketones is 1. The first-order chi connectivity index (χ1) is 9.31. The molecule has 2 aromatic rings. The van der Waals surface area contributed by atoms with Crippen molar-refractivity contribution in [1.82, 2.24) is 9.97 Å². The second-order valence-electron chi connectivity index (χ2n) is 5.05. The highest BCUT2D eigenvalue weighted by molar-refractivity contribution is 5.84. The van der Waals surface area contributed by atoms with E-state index in [1.54, 1.807) is 6.07 Å². The maximum atomic E-state index is 11.5. The third-order valence-corrected chi connectivity index (χ3v) is 3.62. The van der Waals surface area contributed by atoms with Crippen molar-refractivity contribution in [3.8, 4) is 0 Å². The van der Waals surface area contributed by atoms with Gasteiger partial charge >= 0.3 is 11.1 Å². The summed E-state index contributed by atoms with van der Waals surface area (Å²) in [6, 6.07) is 1.17. The Morgan fingerprint density at radius 2 is 1.85 bits per heavy atom. The number of H-pyrrole nitrogens is 2. The predicted octanol–water partition coefficient (Wildman–Crippen LogP) is 0.292. The zero-order valence-electron chi connectivity index (χ0n) is 11.7. The maximum absolute atomic E-state index is 11.5. The summed E-state index contributed by atoms with van der Waals surface area (Å²) in [6.45, 7) is 5.24. The first-order valence-corrected chi connectivity index (χ1v) is 6.32. The number of rotatable bonds is 3. The molecule has 1 aromatic carbocycles. The molecule has 20 heavy (non-hydrogen) atoms. The molecular weight excluding hydrogens is 258 g/mol. The van der Waals surface area contributed by atoms with Crippen LogP contribution in [0.3, 0.4) is 0 Å². The summed E-state index contributed by atoms with van der Waals surface area (Å²) < 4.78 is 0. The number of aromatic nitrogens is 2. The van der Waals surface area contributed by atoms with E-state index < -0.39 is 17.2 Å². The number of fused-ring (bicyclic) bond motifs is 1. The normalized spacial score (nSPS) is 12.6. The van der Waals surface area contributed by atoms with Gasteiger partial charge in [-0.3, -0.25) is 14.4 Å². The summed E-state index contributed by atoms with van der Waals surface area (Å²) >= 11 is 0. The van der Waals surface area contributed by atoms with Crippen LogP contribution in [-0.4, -0.2) is 21.8 Å². The summed E-state index contributed by atoms with van der Waals surface area (Å²) in [6.07, 6.45) is 0.321. The molecule has 1 heterocycles. The van der Waals surface area contributed by atoms with Crippen molar-refractivity contribution in [2.24, 2.45) is 5.73 Å². The molecule has 1 atom stereocenters. The van der Waals surface area contributed by atoms with Crippen LogP contribution in [0.4, 0.5) is 0 Å². The molecule has 2 rings (SSSR count). The molecule has 4 N–H and O–H groups in total. The average Bonchev–Trinajstić information content (AvgIpc) is 2.37. The summed E-state index contributed by atoms with van der Waals surface area (Å²) in [5.74, 6) is -0.120. The lowest BCUT2D eigenvalue weighted by molar-refractivity contribution is -0.118. The van der Waals surface area contributed by atoms with Gasteiger partial charge < -0.3 is 15.7 Å². The third-order valence-electron chi connectivity index (χ3n) is 3.62. The molecule has 106 valence electrons. The highest BCUT2D eigenvalue weighted by Gasteiger charge is 2.16. The minimum atomic E-state index is -0.710. The van der Waals surface area contributed by atoms with Crippen molar-refractivity contribution in [1.29, 1.82) is 0 Å². The summed E-state index contributed by atoms with van der Waals surface area (Å²) in [5, 5.41) is 0. The highest BCUT2D eigenvalue weighted by Crippen LogP contribution is 2.22. The number of carbonyl (C=O) groups is 1. The van der Waals surface area contributed by atoms with Gasteiger partial charge in [0.1, 0.15) is 5.78 Å². The monoisotopic (exact) mass is 275 g/mol. The van der Waals surface area contributed by atoms with Crippen LogP contribution in [0.25, 0.3) is 11.0 Å². The number of benzene rings is 1.